The second kappa shape index (κ2) is 13.2. The zero-order valence-electron chi connectivity index (χ0n) is 28.5. The van der Waals surface area contributed by atoms with Gasteiger partial charge >= 0.3 is 0 Å². The van der Waals surface area contributed by atoms with Gasteiger partial charge < -0.3 is 10.2 Å². The van der Waals surface area contributed by atoms with Crippen LogP contribution < -0.4 is 5.32 Å². The number of hydrogen-bond acceptors (Lipinski definition) is 7. The molecule has 2 aliphatic heterocycles. The molecule has 3 aliphatic rings. The number of ketones is 1. The quantitative estimate of drug-likeness (QED) is 0.163. The number of rotatable bonds is 4. The van der Waals surface area contributed by atoms with Crippen molar-refractivity contribution >= 4 is 56.5 Å². The maximum atomic E-state index is 14.4. The molecule has 1 aliphatic carbocycles. The zero-order valence-corrected chi connectivity index (χ0v) is 30.1. The minimum absolute atomic E-state index is 0.0906. The van der Waals surface area contributed by atoms with Crippen molar-refractivity contribution in [2.24, 2.45) is 5.41 Å². The predicted molar refractivity (Wildman–Crippen MR) is 191 cm³/mol. The lowest BCUT2D eigenvalue weighted by atomic mass is 9.99. The topological polar surface area (TPSA) is 126 Å². The molecular weight excluding hydrogens is 684 g/mol. The lowest BCUT2D eigenvalue weighted by Gasteiger charge is -2.27. The Morgan fingerprint density at radius 1 is 1.04 bits per heavy atom. The fraction of sp³-hybridized carbons (Fsp3) is 0.459. The van der Waals surface area contributed by atoms with Crippen LogP contribution in [0.3, 0.4) is 0 Å². The van der Waals surface area contributed by atoms with Crippen LogP contribution in [0.1, 0.15) is 79.3 Å². The van der Waals surface area contributed by atoms with Crippen molar-refractivity contribution in [2.45, 2.75) is 90.8 Å². The molecule has 0 radical (unpaired) electrons. The van der Waals surface area contributed by atoms with Gasteiger partial charge in [0.15, 0.2) is 5.78 Å². The second-order valence-corrected chi connectivity index (χ2v) is 14.8. The van der Waals surface area contributed by atoms with Gasteiger partial charge in [0, 0.05) is 42.7 Å². The van der Waals surface area contributed by atoms with Gasteiger partial charge in [-0.2, -0.15) is 5.10 Å². The number of likely N-dealkylation sites (tertiary alicyclic amines) is 1. The number of nitrogens with zero attached hydrogens (tertiary/aromatic N) is 7. The molecule has 3 atom stereocenters. The zero-order chi connectivity index (χ0) is 34.4. The first kappa shape index (κ1) is 33.2. The molecule has 2 amide bonds. The standard InChI is InChI=1S/C37H41BrN8O3/c1-22-14-26(27-18-39-24(3)40-19-27)15-28-33(23(2)47)43-45(34(22)28)20-32(48)46-29-16-37(17-30(37)46)21-44(4)13-9-7-5-6-8-10-25-11-12-31(38)41-35(25)42-36(29)49/h11-12,14-15,18-19,21,29-30H,5-10,13,16-17,20H2,1-4H3/p+1/t29-,30?,37-/m0/s1. The number of halogens is 1. The first-order valence-electron chi connectivity index (χ1n) is 17.2. The van der Waals surface area contributed by atoms with Crippen LogP contribution in [0.2, 0.25) is 0 Å². The number of nitrogens with one attached hydrogen (secondary N) is 1. The summed E-state index contributed by atoms with van der Waals surface area (Å²) >= 11 is 3.48. The van der Waals surface area contributed by atoms with Crippen LogP contribution in [0.25, 0.3) is 22.0 Å². The van der Waals surface area contributed by atoms with Gasteiger partial charge in [0.1, 0.15) is 54.3 Å². The van der Waals surface area contributed by atoms with E-state index in [2.05, 4.69) is 59.1 Å². The van der Waals surface area contributed by atoms with E-state index in [1.807, 2.05) is 38.1 Å². The number of hydrogen-bond donors (Lipinski definition) is 1. The molecule has 3 aromatic heterocycles. The molecule has 2 bridgehead atoms. The molecule has 1 N–H and O–H groups in total. The number of pyridine rings is 1. The third-order valence-electron chi connectivity index (χ3n) is 10.3. The molecule has 1 saturated carbocycles. The third kappa shape index (κ3) is 6.54. The monoisotopic (exact) mass is 725 g/mol. The number of carbonyl (C=O) groups excluding carboxylic acids is 3. The lowest BCUT2D eigenvalue weighted by molar-refractivity contribution is -0.495. The predicted octanol–water partition coefficient (Wildman–Crippen LogP) is 5.69. The second-order valence-electron chi connectivity index (χ2n) is 14.0. The van der Waals surface area contributed by atoms with E-state index >= 15 is 0 Å². The van der Waals surface area contributed by atoms with E-state index in [9.17, 15) is 14.4 Å². The average molecular weight is 727 g/mol. The molecular formula is C37H42BrN8O3+. The average Bonchev–Trinajstić information content (AvgIpc) is 3.44. The number of aromatic nitrogens is 5. The number of piperidine rings is 1. The molecule has 49 heavy (non-hydrogen) atoms. The number of benzene rings is 1. The van der Waals surface area contributed by atoms with Crippen LogP contribution in [-0.4, -0.2) is 83.7 Å². The highest BCUT2D eigenvalue weighted by molar-refractivity contribution is 9.10. The molecule has 1 spiro atoms. The van der Waals surface area contributed by atoms with E-state index in [0.717, 1.165) is 66.4 Å². The Balaban J connectivity index is 1.23. The van der Waals surface area contributed by atoms with Crippen molar-refractivity contribution < 1.29 is 19.0 Å². The van der Waals surface area contributed by atoms with Crippen LogP contribution in [0.15, 0.2) is 41.3 Å². The van der Waals surface area contributed by atoms with E-state index in [1.54, 1.807) is 22.0 Å². The highest BCUT2D eigenvalue weighted by Crippen LogP contribution is 2.58. The molecule has 2 fully saturated rings. The summed E-state index contributed by atoms with van der Waals surface area (Å²) in [6.07, 6.45) is 13.6. The van der Waals surface area contributed by atoms with Crippen molar-refractivity contribution in [2.75, 3.05) is 18.9 Å². The lowest BCUT2D eigenvalue weighted by Crippen LogP contribution is -2.47. The van der Waals surface area contributed by atoms with Crippen LogP contribution in [0, 0.1) is 19.3 Å². The molecule has 7 rings (SSSR count). The Hall–Kier alpha value is -4.32. The van der Waals surface area contributed by atoms with Crippen molar-refractivity contribution in [1.29, 1.82) is 0 Å². The minimum Gasteiger partial charge on any atom is -0.325 e. The van der Waals surface area contributed by atoms with Crippen LogP contribution in [-0.2, 0) is 22.6 Å². The maximum absolute atomic E-state index is 14.4. The smallest absolute Gasteiger partial charge is 0.248 e. The summed E-state index contributed by atoms with van der Waals surface area (Å²) < 4.78 is 4.54. The van der Waals surface area contributed by atoms with Gasteiger partial charge in [0.25, 0.3) is 0 Å². The summed E-state index contributed by atoms with van der Waals surface area (Å²) in [5.41, 5.74) is 4.34. The SMILES string of the molecule is CC(=O)c1nn(CC(=O)N2C3C[C@@]34C=[N+](C)CCCCCCCc3ccc(Br)nc3NC(=O)[C@@H]2C4)c2c(C)cc(-c3cnc(C)nc3)cc12. The van der Waals surface area contributed by atoms with Gasteiger partial charge in [-0.05, 0) is 96.8 Å². The highest BCUT2D eigenvalue weighted by atomic mass is 79.9. The first-order chi connectivity index (χ1) is 23.5. The van der Waals surface area contributed by atoms with Crippen molar-refractivity contribution in [1.82, 2.24) is 29.6 Å². The molecule has 5 heterocycles. The third-order valence-corrected chi connectivity index (χ3v) is 10.7. The molecule has 11 nitrogen and oxygen atoms in total. The van der Waals surface area contributed by atoms with E-state index < -0.39 is 6.04 Å². The normalized spacial score (nSPS) is 22.7. The molecule has 1 unspecified atom stereocenters. The number of fused-ring (bicyclic) bond motifs is 3. The van der Waals surface area contributed by atoms with Crippen LogP contribution in [0.4, 0.5) is 5.82 Å². The number of Topliss-reactive ketones (excluding diaryl/α,β-unsaturated/α-hetero) is 1. The van der Waals surface area contributed by atoms with E-state index in [-0.39, 0.29) is 35.6 Å². The summed E-state index contributed by atoms with van der Waals surface area (Å²) in [7, 11) is 2.10. The highest BCUT2D eigenvalue weighted by Gasteiger charge is 2.68. The minimum atomic E-state index is -0.666. The van der Waals surface area contributed by atoms with Gasteiger partial charge in [0.05, 0.1) is 10.9 Å². The molecule has 4 aromatic rings. The summed E-state index contributed by atoms with van der Waals surface area (Å²) in [6.45, 7) is 6.13. The first-order valence-corrected chi connectivity index (χ1v) is 18.0. The molecule has 12 heteroatoms. The van der Waals surface area contributed by atoms with Gasteiger partial charge in [-0.1, -0.05) is 18.9 Å². The fourth-order valence-electron chi connectivity index (χ4n) is 7.83. The van der Waals surface area contributed by atoms with Gasteiger partial charge in [0.2, 0.25) is 11.8 Å². The maximum Gasteiger partial charge on any atom is 0.248 e. The molecule has 254 valence electrons. The van der Waals surface area contributed by atoms with Crippen molar-refractivity contribution in [3.8, 4) is 11.1 Å². The van der Waals surface area contributed by atoms with E-state index in [4.69, 9.17) is 0 Å². The van der Waals surface area contributed by atoms with E-state index in [1.165, 1.54) is 19.8 Å². The largest absolute Gasteiger partial charge is 0.325 e. The van der Waals surface area contributed by atoms with Crippen LogP contribution >= 0.6 is 15.9 Å². The summed E-state index contributed by atoms with van der Waals surface area (Å²) in [6, 6.07) is 7.10. The molecule has 1 aromatic carbocycles. The number of aryl methyl sites for hydroxylation is 3. The summed E-state index contributed by atoms with van der Waals surface area (Å²) in [5, 5.41) is 8.48. The van der Waals surface area contributed by atoms with Crippen molar-refractivity contribution in [3.05, 3.63) is 63.9 Å². The summed E-state index contributed by atoms with van der Waals surface area (Å²) in [4.78, 5) is 56.5. The van der Waals surface area contributed by atoms with Crippen molar-refractivity contribution in [3.63, 3.8) is 0 Å². The molecule has 1 saturated heterocycles. The fourth-order valence-corrected chi connectivity index (χ4v) is 8.14. The summed E-state index contributed by atoms with van der Waals surface area (Å²) in [5.74, 6) is 0.602. The van der Waals surface area contributed by atoms with Gasteiger partial charge in [-0.25, -0.2) is 19.5 Å². The Kier molecular flexibility index (Phi) is 8.93. The Morgan fingerprint density at radius 3 is 2.57 bits per heavy atom. The van der Waals surface area contributed by atoms with E-state index in [0.29, 0.717) is 33.7 Å². The van der Waals surface area contributed by atoms with Crippen LogP contribution in [0.5, 0.6) is 0 Å². The Bertz CT molecular complexity index is 2000. The Labute approximate surface area is 294 Å². The number of anilines is 1. The number of carbonyl (C=O) groups is 3. The van der Waals surface area contributed by atoms with Gasteiger partial charge in [-0.3, -0.25) is 19.1 Å². The van der Waals surface area contributed by atoms with Gasteiger partial charge in [-0.15, -0.1) is 0 Å². The number of amides is 2. The Morgan fingerprint density at radius 2 is 1.80 bits per heavy atom.